The highest BCUT2D eigenvalue weighted by Gasteiger charge is 2.31. The van der Waals surface area contributed by atoms with Gasteiger partial charge in [0.05, 0.1) is 28.5 Å². The van der Waals surface area contributed by atoms with E-state index in [9.17, 15) is 4.79 Å². The molecule has 0 saturated carbocycles. The van der Waals surface area contributed by atoms with Crippen molar-refractivity contribution in [2.75, 3.05) is 6.54 Å². The third kappa shape index (κ3) is 2.56. The molecule has 1 unspecified atom stereocenters. The SMILES string of the molecule is CC1c2ccc(-c3ccco3)n2CCN1C(=O)c1cc2ccc(Cl)cn2n1. The molecule has 0 radical (unpaired) electrons. The van der Waals surface area contributed by atoms with Crippen LogP contribution in [-0.2, 0) is 6.54 Å². The summed E-state index contributed by atoms with van der Waals surface area (Å²) in [7, 11) is 0. The van der Waals surface area contributed by atoms with Crippen LogP contribution in [0.5, 0.6) is 0 Å². The summed E-state index contributed by atoms with van der Waals surface area (Å²) in [5.74, 6) is 0.764. The number of carbonyl (C=O) groups excluding carboxylic acids is 1. The normalized spacial score (nSPS) is 16.7. The van der Waals surface area contributed by atoms with E-state index in [1.807, 2.05) is 36.1 Å². The molecule has 6 nitrogen and oxygen atoms in total. The molecule has 136 valence electrons. The van der Waals surface area contributed by atoms with Crippen molar-refractivity contribution in [2.45, 2.75) is 19.5 Å². The molecule has 7 heteroatoms. The number of halogens is 1. The number of amides is 1. The van der Waals surface area contributed by atoms with Crippen LogP contribution in [0, 0.1) is 0 Å². The molecule has 0 aliphatic carbocycles. The fourth-order valence-corrected chi connectivity index (χ4v) is 3.94. The number of pyridine rings is 1. The lowest BCUT2D eigenvalue weighted by Crippen LogP contribution is -2.41. The number of aromatic nitrogens is 3. The summed E-state index contributed by atoms with van der Waals surface area (Å²) in [4.78, 5) is 15.0. The maximum Gasteiger partial charge on any atom is 0.275 e. The monoisotopic (exact) mass is 380 g/mol. The molecule has 1 aliphatic rings. The summed E-state index contributed by atoms with van der Waals surface area (Å²) in [6.45, 7) is 3.37. The highest BCUT2D eigenvalue weighted by Crippen LogP contribution is 2.33. The number of fused-ring (bicyclic) bond motifs is 2. The average molecular weight is 381 g/mol. The summed E-state index contributed by atoms with van der Waals surface area (Å²) < 4.78 is 9.40. The number of hydrogen-bond acceptors (Lipinski definition) is 3. The van der Waals surface area contributed by atoms with Crippen LogP contribution >= 0.6 is 11.6 Å². The Hall–Kier alpha value is -2.99. The third-order valence-corrected chi connectivity index (χ3v) is 5.38. The lowest BCUT2D eigenvalue weighted by molar-refractivity contribution is 0.0638. The molecule has 5 heterocycles. The number of rotatable bonds is 2. The van der Waals surface area contributed by atoms with Crippen molar-refractivity contribution in [3.63, 3.8) is 0 Å². The van der Waals surface area contributed by atoms with Gasteiger partial charge in [0.25, 0.3) is 5.91 Å². The Morgan fingerprint density at radius 2 is 2.11 bits per heavy atom. The molecule has 5 rings (SSSR count). The van der Waals surface area contributed by atoms with E-state index < -0.39 is 0 Å². The molecule has 0 bridgehead atoms. The lowest BCUT2D eigenvalue weighted by atomic mass is 10.1. The van der Waals surface area contributed by atoms with Crippen molar-refractivity contribution < 1.29 is 9.21 Å². The first-order valence-electron chi connectivity index (χ1n) is 8.81. The first kappa shape index (κ1) is 16.2. The van der Waals surface area contributed by atoms with Gasteiger partial charge in [-0.15, -0.1) is 0 Å². The predicted octanol–water partition coefficient (Wildman–Crippen LogP) is 4.27. The van der Waals surface area contributed by atoms with Gasteiger partial charge in [-0.2, -0.15) is 5.10 Å². The highest BCUT2D eigenvalue weighted by molar-refractivity contribution is 6.30. The minimum Gasteiger partial charge on any atom is -0.463 e. The topological polar surface area (TPSA) is 55.7 Å². The van der Waals surface area contributed by atoms with Gasteiger partial charge in [0.1, 0.15) is 5.76 Å². The van der Waals surface area contributed by atoms with Gasteiger partial charge in [0.2, 0.25) is 0 Å². The molecule has 0 fully saturated rings. The van der Waals surface area contributed by atoms with Gasteiger partial charge >= 0.3 is 0 Å². The van der Waals surface area contributed by atoms with Crippen molar-refractivity contribution in [1.82, 2.24) is 19.1 Å². The molecule has 1 aliphatic heterocycles. The second kappa shape index (κ2) is 6.03. The van der Waals surface area contributed by atoms with E-state index in [2.05, 4.69) is 15.7 Å². The van der Waals surface area contributed by atoms with Gasteiger partial charge in [-0.05, 0) is 49.4 Å². The molecular formula is C20H17ClN4O2. The molecule has 1 atom stereocenters. The van der Waals surface area contributed by atoms with Crippen LogP contribution in [0.15, 0.2) is 59.3 Å². The minimum atomic E-state index is -0.0747. The summed E-state index contributed by atoms with van der Waals surface area (Å²) in [6.07, 6.45) is 3.38. The Labute approximate surface area is 160 Å². The quantitative estimate of drug-likeness (QED) is 0.522. The molecule has 27 heavy (non-hydrogen) atoms. The Bertz CT molecular complexity index is 1140. The van der Waals surface area contributed by atoms with Crippen molar-refractivity contribution in [1.29, 1.82) is 0 Å². The number of carbonyl (C=O) groups is 1. The van der Waals surface area contributed by atoms with Crippen LogP contribution < -0.4 is 0 Å². The predicted molar refractivity (Wildman–Crippen MR) is 102 cm³/mol. The van der Waals surface area contributed by atoms with E-state index in [1.54, 1.807) is 29.1 Å². The Balaban J connectivity index is 1.47. The Kier molecular flexibility index (Phi) is 3.62. The van der Waals surface area contributed by atoms with E-state index >= 15 is 0 Å². The molecule has 1 amide bonds. The van der Waals surface area contributed by atoms with Crippen molar-refractivity contribution in [3.8, 4) is 11.5 Å². The van der Waals surface area contributed by atoms with Crippen LogP contribution in [0.3, 0.4) is 0 Å². The van der Waals surface area contributed by atoms with E-state index in [1.165, 1.54) is 0 Å². The van der Waals surface area contributed by atoms with Crippen molar-refractivity contribution in [2.24, 2.45) is 0 Å². The van der Waals surface area contributed by atoms with Crippen molar-refractivity contribution in [3.05, 3.63) is 71.3 Å². The van der Waals surface area contributed by atoms with Crippen molar-refractivity contribution >= 4 is 23.0 Å². The van der Waals surface area contributed by atoms with Crippen LogP contribution in [0.4, 0.5) is 0 Å². The fourth-order valence-electron chi connectivity index (χ4n) is 3.79. The fraction of sp³-hybridized carbons (Fsp3) is 0.200. The van der Waals surface area contributed by atoms with Gasteiger partial charge in [0.15, 0.2) is 5.69 Å². The minimum absolute atomic E-state index is 0.0524. The molecule has 4 aromatic heterocycles. The van der Waals surface area contributed by atoms with E-state index in [0.717, 1.165) is 22.7 Å². The lowest BCUT2D eigenvalue weighted by Gasteiger charge is -2.35. The zero-order valence-corrected chi connectivity index (χ0v) is 15.4. The van der Waals surface area contributed by atoms with Gasteiger partial charge < -0.3 is 13.9 Å². The van der Waals surface area contributed by atoms with Gasteiger partial charge in [-0.25, -0.2) is 4.52 Å². The number of nitrogens with zero attached hydrogens (tertiary/aromatic N) is 4. The maximum atomic E-state index is 13.1. The van der Waals surface area contributed by atoms with Crippen LogP contribution in [-0.4, -0.2) is 31.5 Å². The zero-order chi connectivity index (χ0) is 18.5. The molecule has 4 aromatic rings. The van der Waals surface area contributed by atoms with Gasteiger partial charge in [0, 0.05) is 25.0 Å². The van der Waals surface area contributed by atoms with Crippen LogP contribution in [0.1, 0.15) is 29.1 Å². The first-order valence-corrected chi connectivity index (χ1v) is 9.19. The summed E-state index contributed by atoms with van der Waals surface area (Å²) >= 11 is 6.01. The van der Waals surface area contributed by atoms with E-state index in [0.29, 0.717) is 23.8 Å². The van der Waals surface area contributed by atoms with Gasteiger partial charge in [-0.3, -0.25) is 4.79 Å². The molecule has 0 N–H and O–H groups in total. The summed E-state index contributed by atoms with van der Waals surface area (Å²) in [5, 5.41) is 4.99. The standard InChI is InChI=1S/C20H17ClN4O2/c1-13-17-6-7-18(19-3-2-10-27-19)24(17)9-8-23(13)20(26)16-11-15-5-4-14(21)12-25(15)22-16/h2-7,10-13H,8-9H2,1H3. The van der Waals surface area contributed by atoms with Crippen LogP contribution in [0.2, 0.25) is 5.02 Å². The number of furan rings is 1. The Morgan fingerprint density at radius 3 is 2.93 bits per heavy atom. The second-order valence-electron chi connectivity index (χ2n) is 6.69. The Morgan fingerprint density at radius 1 is 1.22 bits per heavy atom. The largest absolute Gasteiger partial charge is 0.463 e. The van der Waals surface area contributed by atoms with E-state index in [-0.39, 0.29) is 11.9 Å². The molecule has 0 aromatic carbocycles. The molecule has 0 spiro atoms. The first-order chi connectivity index (χ1) is 13.1. The molecular weight excluding hydrogens is 364 g/mol. The highest BCUT2D eigenvalue weighted by atomic mass is 35.5. The third-order valence-electron chi connectivity index (χ3n) is 5.15. The zero-order valence-electron chi connectivity index (χ0n) is 14.7. The smallest absolute Gasteiger partial charge is 0.275 e. The summed E-state index contributed by atoms with van der Waals surface area (Å²) in [5.41, 5.74) is 3.40. The van der Waals surface area contributed by atoms with E-state index in [4.69, 9.17) is 16.0 Å². The van der Waals surface area contributed by atoms with Gasteiger partial charge in [-0.1, -0.05) is 11.6 Å². The average Bonchev–Trinajstić information content (AvgIpc) is 3.39. The number of hydrogen-bond donors (Lipinski definition) is 0. The van der Waals surface area contributed by atoms with Crippen LogP contribution in [0.25, 0.3) is 17.0 Å². The second-order valence-corrected chi connectivity index (χ2v) is 7.13. The maximum absolute atomic E-state index is 13.1. The summed E-state index contributed by atoms with van der Waals surface area (Å²) in [6, 6.07) is 13.3. The molecule has 0 saturated heterocycles.